The van der Waals surface area contributed by atoms with Crippen LogP contribution in [0.4, 0.5) is 0 Å². The molecule has 0 saturated carbocycles. The molecule has 0 aliphatic heterocycles. The van der Waals surface area contributed by atoms with Gasteiger partial charge in [-0.15, -0.1) is 0 Å². The molecular weight excluding hydrogens is 654 g/mol. The molecule has 52 heavy (non-hydrogen) atoms. The lowest BCUT2D eigenvalue weighted by atomic mass is 10.0. The van der Waals surface area contributed by atoms with Crippen LogP contribution >= 0.6 is 0 Å². The van der Waals surface area contributed by atoms with E-state index < -0.39 is 18.1 Å². The van der Waals surface area contributed by atoms with E-state index in [9.17, 15) is 19.5 Å². The summed E-state index contributed by atoms with van der Waals surface area (Å²) in [4.78, 5) is 36.8. The van der Waals surface area contributed by atoms with Crippen molar-refractivity contribution in [3.63, 3.8) is 0 Å². The minimum Gasteiger partial charge on any atom is -0.544 e. The van der Waals surface area contributed by atoms with Crippen molar-refractivity contribution in [2.75, 3.05) is 41.0 Å². The summed E-state index contributed by atoms with van der Waals surface area (Å²) in [5.74, 6) is -1.75. The van der Waals surface area contributed by atoms with Crippen molar-refractivity contribution in [1.29, 1.82) is 0 Å². The number of esters is 2. The van der Waals surface area contributed by atoms with Crippen molar-refractivity contribution in [2.24, 2.45) is 0 Å². The van der Waals surface area contributed by atoms with Crippen molar-refractivity contribution in [2.45, 2.75) is 187 Å². The second kappa shape index (κ2) is 35.6. The molecule has 8 nitrogen and oxygen atoms in total. The lowest BCUT2D eigenvalue weighted by molar-refractivity contribution is -0.889. The summed E-state index contributed by atoms with van der Waals surface area (Å²) in [6, 6.07) is -0.727. The first-order valence-electron chi connectivity index (χ1n) is 21.0. The Bertz CT molecular complexity index is 953. The number of hydrogen-bond donors (Lipinski definition) is 0. The molecule has 0 N–H and O–H groups in total. The number of ether oxygens (including phenoxy) is 3. The van der Waals surface area contributed by atoms with Gasteiger partial charge in [-0.2, -0.15) is 0 Å². The number of quaternary nitrogens is 1. The zero-order valence-corrected chi connectivity index (χ0v) is 34.2. The number of carbonyl (C=O) groups excluding carboxylic acids is 3. The van der Waals surface area contributed by atoms with Crippen molar-refractivity contribution in [1.82, 2.24) is 0 Å². The normalized spacial score (nSPS) is 13.3. The minimum atomic E-state index is -1.13. The van der Waals surface area contributed by atoms with E-state index >= 15 is 0 Å². The van der Waals surface area contributed by atoms with Gasteiger partial charge in [0.15, 0.2) is 6.10 Å². The predicted octanol–water partition coefficient (Wildman–Crippen LogP) is 9.74. The van der Waals surface area contributed by atoms with Crippen LogP contribution in [0.5, 0.6) is 0 Å². The van der Waals surface area contributed by atoms with Crippen LogP contribution in [0.25, 0.3) is 0 Å². The van der Waals surface area contributed by atoms with Gasteiger partial charge < -0.3 is 28.6 Å². The number of carboxylic acids is 1. The van der Waals surface area contributed by atoms with Gasteiger partial charge in [0, 0.05) is 19.3 Å². The second-order valence-corrected chi connectivity index (χ2v) is 15.2. The Morgan fingerprint density at radius 3 is 1.60 bits per heavy atom. The van der Waals surface area contributed by atoms with E-state index in [4.69, 9.17) is 14.2 Å². The number of carbonyl (C=O) groups is 3. The number of aliphatic carboxylic acids is 1. The Hall–Kier alpha value is -2.45. The van der Waals surface area contributed by atoms with Crippen LogP contribution in [0.15, 0.2) is 36.5 Å². The van der Waals surface area contributed by atoms with E-state index in [0.717, 1.165) is 77.0 Å². The van der Waals surface area contributed by atoms with Crippen LogP contribution in [0.2, 0.25) is 0 Å². The molecule has 302 valence electrons. The number of carboxylic acid groups (broad SMARTS) is 1. The summed E-state index contributed by atoms with van der Waals surface area (Å²) in [6.07, 6.45) is 38.7. The highest BCUT2D eigenvalue weighted by atomic mass is 16.6. The quantitative estimate of drug-likeness (QED) is 0.0271. The average Bonchev–Trinajstić information content (AvgIpc) is 3.09. The Morgan fingerprint density at radius 2 is 1.08 bits per heavy atom. The maximum absolute atomic E-state index is 12.7. The highest BCUT2D eigenvalue weighted by molar-refractivity contribution is 5.70. The van der Waals surface area contributed by atoms with Gasteiger partial charge in [-0.1, -0.05) is 147 Å². The van der Waals surface area contributed by atoms with E-state index in [0.29, 0.717) is 12.8 Å². The van der Waals surface area contributed by atoms with Gasteiger partial charge in [0.2, 0.25) is 0 Å². The summed E-state index contributed by atoms with van der Waals surface area (Å²) < 4.78 is 17.1. The standard InChI is InChI=1S/C44H79NO7/c1-6-8-10-12-14-16-18-20-21-23-25-27-29-31-33-35-43(47)52-40(38-50-37-36-41(44(48)49)45(3,4)5)39-51-42(46)34-32-30-28-26-24-22-19-17-15-13-11-9-7-2/h8,10,14,16,20-21,40-41H,6-7,9,11-13,15,17-19,22-39H2,1-5H3/b10-8-,16-14-,21-20-/t40-,41?/m0/s1. The van der Waals surface area contributed by atoms with Gasteiger partial charge >= 0.3 is 11.9 Å². The molecule has 0 aromatic heterocycles. The smallest absolute Gasteiger partial charge is 0.306 e. The first-order chi connectivity index (χ1) is 25.1. The van der Waals surface area contributed by atoms with Crippen molar-refractivity contribution in [3.05, 3.63) is 36.5 Å². The first kappa shape index (κ1) is 49.6. The van der Waals surface area contributed by atoms with E-state index in [1.807, 2.05) is 0 Å². The fourth-order valence-electron chi connectivity index (χ4n) is 6.03. The van der Waals surface area contributed by atoms with Crippen LogP contribution in [0.1, 0.15) is 174 Å². The molecule has 8 heteroatoms. The summed E-state index contributed by atoms with van der Waals surface area (Å²) in [5, 5.41) is 11.6. The second-order valence-electron chi connectivity index (χ2n) is 15.2. The lowest BCUT2D eigenvalue weighted by Crippen LogP contribution is -2.55. The molecule has 0 aliphatic rings. The minimum absolute atomic E-state index is 0.0356. The van der Waals surface area contributed by atoms with Crippen LogP contribution in [0.3, 0.4) is 0 Å². The van der Waals surface area contributed by atoms with Crippen molar-refractivity contribution in [3.8, 4) is 0 Å². The van der Waals surface area contributed by atoms with Crippen LogP contribution < -0.4 is 5.11 Å². The van der Waals surface area contributed by atoms with Gasteiger partial charge in [-0.05, 0) is 44.9 Å². The molecular formula is C44H79NO7. The predicted molar refractivity (Wildman–Crippen MR) is 213 cm³/mol. The van der Waals surface area contributed by atoms with Crippen LogP contribution in [-0.2, 0) is 28.6 Å². The summed E-state index contributed by atoms with van der Waals surface area (Å²) in [7, 11) is 5.40. The number of likely N-dealkylation sites (N-methyl/N-ethyl adjacent to an activating group) is 1. The number of unbranched alkanes of at least 4 members (excludes halogenated alkanes) is 17. The average molecular weight is 734 g/mol. The molecule has 0 aromatic carbocycles. The Labute approximate surface area is 319 Å². The number of nitrogens with zero attached hydrogens (tertiary/aromatic N) is 1. The fraction of sp³-hybridized carbons (Fsp3) is 0.795. The third-order valence-electron chi connectivity index (χ3n) is 9.29. The third-order valence-corrected chi connectivity index (χ3v) is 9.29. The van der Waals surface area contributed by atoms with E-state index in [2.05, 4.69) is 50.3 Å². The maximum atomic E-state index is 12.7. The molecule has 0 fully saturated rings. The van der Waals surface area contributed by atoms with Gasteiger partial charge in [0.1, 0.15) is 12.6 Å². The fourth-order valence-corrected chi connectivity index (χ4v) is 6.03. The summed E-state index contributed by atoms with van der Waals surface area (Å²) >= 11 is 0. The molecule has 0 rings (SSSR count). The number of allylic oxidation sites excluding steroid dienone is 6. The monoisotopic (exact) mass is 734 g/mol. The SMILES string of the molecule is CC/C=C\C/C=C\C/C=C\CCCCCCCC(=O)O[C@@H](COCCC(C(=O)[O-])[N+](C)(C)C)COC(=O)CCCCCCCCCCCCCCC. The summed E-state index contributed by atoms with van der Waals surface area (Å²) in [5.41, 5.74) is 0. The molecule has 0 heterocycles. The van der Waals surface area contributed by atoms with Gasteiger partial charge in [-0.25, -0.2) is 0 Å². The number of rotatable bonds is 37. The lowest BCUT2D eigenvalue weighted by Gasteiger charge is -2.34. The molecule has 1 unspecified atom stereocenters. The molecule has 0 radical (unpaired) electrons. The molecule has 0 aromatic rings. The van der Waals surface area contributed by atoms with E-state index in [1.165, 1.54) is 64.2 Å². The first-order valence-corrected chi connectivity index (χ1v) is 21.0. The third kappa shape index (κ3) is 33.4. The zero-order chi connectivity index (χ0) is 38.5. The Kier molecular flexibility index (Phi) is 33.9. The highest BCUT2D eigenvalue weighted by Crippen LogP contribution is 2.14. The maximum Gasteiger partial charge on any atom is 0.306 e. The largest absolute Gasteiger partial charge is 0.544 e. The molecule has 0 aliphatic carbocycles. The Morgan fingerprint density at radius 1 is 0.596 bits per heavy atom. The molecule has 0 bridgehead atoms. The van der Waals surface area contributed by atoms with Crippen molar-refractivity contribution < 1.29 is 38.2 Å². The van der Waals surface area contributed by atoms with Gasteiger partial charge in [-0.3, -0.25) is 9.59 Å². The van der Waals surface area contributed by atoms with E-state index in [1.54, 1.807) is 21.1 Å². The highest BCUT2D eigenvalue weighted by Gasteiger charge is 2.25. The van der Waals surface area contributed by atoms with Crippen LogP contribution in [-0.4, -0.2) is 75.5 Å². The zero-order valence-electron chi connectivity index (χ0n) is 34.2. The molecule has 0 spiro atoms. The molecule has 0 saturated heterocycles. The topological polar surface area (TPSA) is 102 Å². The Balaban J connectivity index is 4.40. The number of hydrogen-bond acceptors (Lipinski definition) is 7. The molecule has 0 amide bonds. The molecule has 2 atom stereocenters. The van der Waals surface area contributed by atoms with Crippen molar-refractivity contribution >= 4 is 17.9 Å². The van der Waals surface area contributed by atoms with E-state index in [-0.39, 0.29) is 42.7 Å². The van der Waals surface area contributed by atoms with Gasteiger partial charge in [0.05, 0.1) is 40.3 Å². The van der Waals surface area contributed by atoms with Gasteiger partial charge in [0.25, 0.3) is 0 Å². The summed E-state index contributed by atoms with van der Waals surface area (Å²) in [6.45, 7) is 4.53. The van der Waals surface area contributed by atoms with Crippen LogP contribution in [0, 0.1) is 0 Å².